The molecule has 0 bridgehead atoms. The third-order valence-electron chi connectivity index (χ3n) is 1.98. The number of aromatic nitrogens is 3. The minimum absolute atomic E-state index is 0.369. The average Bonchev–Trinajstić information content (AvgIpc) is 2.48. The zero-order chi connectivity index (χ0) is 12.3. The molecule has 0 spiro atoms. The molecule has 0 aromatic carbocycles. The van der Waals surface area contributed by atoms with Crippen molar-refractivity contribution in [3.05, 3.63) is 5.82 Å². The van der Waals surface area contributed by atoms with Crippen LogP contribution in [0.5, 0.6) is 0 Å². The summed E-state index contributed by atoms with van der Waals surface area (Å²) in [6, 6.07) is 1.24. The van der Waals surface area contributed by atoms with E-state index < -0.39 is 12.1 Å². The van der Waals surface area contributed by atoms with Crippen molar-refractivity contribution in [1.29, 1.82) is 5.26 Å². The molecule has 0 amide bonds. The van der Waals surface area contributed by atoms with Gasteiger partial charge in [-0.3, -0.25) is 0 Å². The summed E-state index contributed by atoms with van der Waals surface area (Å²) in [6.45, 7) is 1.70. The molecule has 1 unspecified atom stereocenters. The fraction of sp³-hybridized carbons (Fsp3) is 0.625. The molecule has 0 aliphatic carbocycles. The van der Waals surface area contributed by atoms with E-state index in [-0.39, 0.29) is 5.75 Å². The van der Waals surface area contributed by atoms with E-state index in [0.29, 0.717) is 11.0 Å². The second-order valence-corrected chi connectivity index (χ2v) is 4.11. The van der Waals surface area contributed by atoms with Crippen LogP contribution in [0.15, 0.2) is 5.16 Å². The van der Waals surface area contributed by atoms with Crippen LogP contribution in [0.25, 0.3) is 0 Å². The SMILES string of the molecule is Cc1nnc(SCC(C#N)C(F)(F)F)n1C. The van der Waals surface area contributed by atoms with E-state index in [9.17, 15) is 13.2 Å². The van der Waals surface area contributed by atoms with E-state index in [1.165, 1.54) is 6.07 Å². The Labute approximate surface area is 94.5 Å². The van der Waals surface area contributed by atoms with E-state index in [2.05, 4.69) is 10.2 Å². The molecule has 8 heteroatoms. The second kappa shape index (κ2) is 4.74. The summed E-state index contributed by atoms with van der Waals surface area (Å²) in [4.78, 5) is 0. The number of nitriles is 1. The van der Waals surface area contributed by atoms with Gasteiger partial charge < -0.3 is 4.57 Å². The Hall–Kier alpha value is -1.23. The van der Waals surface area contributed by atoms with Crippen molar-refractivity contribution < 1.29 is 13.2 Å². The van der Waals surface area contributed by atoms with Gasteiger partial charge in [0.05, 0.1) is 6.07 Å². The minimum atomic E-state index is -4.49. The monoisotopic (exact) mass is 250 g/mol. The highest BCUT2D eigenvalue weighted by Gasteiger charge is 2.40. The lowest BCUT2D eigenvalue weighted by molar-refractivity contribution is -0.152. The molecular formula is C8H9F3N4S. The van der Waals surface area contributed by atoms with Crippen molar-refractivity contribution in [1.82, 2.24) is 14.8 Å². The zero-order valence-corrected chi connectivity index (χ0v) is 9.43. The molecule has 0 fully saturated rings. The zero-order valence-electron chi connectivity index (χ0n) is 8.62. The fourth-order valence-corrected chi connectivity index (χ4v) is 1.88. The molecular weight excluding hydrogens is 241 g/mol. The van der Waals surface area contributed by atoms with Crippen molar-refractivity contribution in [3.8, 4) is 6.07 Å². The van der Waals surface area contributed by atoms with Crippen LogP contribution in [0.1, 0.15) is 5.82 Å². The Morgan fingerprint density at radius 1 is 1.50 bits per heavy atom. The highest BCUT2D eigenvalue weighted by molar-refractivity contribution is 7.99. The maximum atomic E-state index is 12.3. The first kappa shape index (κ1) is 12.8. The first-order chi connectivity index (χ1) is 7.36. The lowest BCUT2D eigenvalue weighted by atomic mass is 10.2. The molecule has 1 atom stereocenters. The fourth-order valence-electron chi connectivity index (χ4n) is 0.876. The van der Waals surface area contributed by atoms with Crippen LogP contribution in [-0.2, 0) is 7.05 Å². The highest BCUT2D eigenvalue weighted by atomic mass is 32.2. The number of thioether (sulfide) groups is 1. The summed E-state index contributed by atoms with van der Waals surface area (Å²) < 4.78 is 38.3. The molecule has 1 aromatic rings. The summed E-state index contributed by atoms with van der Waals surface area (Å²) in [5.74, 6) is -1.73. The smallest absolute Gasteiger partial charge is 0.309 e. The normalized spacial score (nSPS) is 13.5. The molecule has 0 aliphatic heterocycles. The Bertz CT molecular complexity index is 406. The first-order valence-corrected chi connectivity index (χ1v) is 5.30. The molecule has 88 valence electrons. The van der Waals surface area contributed by atoms with Gasteiger partial charge in [-0.25, -0.2) is 0 Å². The van der Waals surface area contributed by atoms with Crippen LogP contribution < -0.4 is 0 Å². The topological polar surface area (TPSA) is 54.5 Å². The Morgan fingerprint density at radius 3 is 2.50 bits per heavy atom. The molecule has 0 saturated heterocycles. The summed E-state index contributed by atoms with van der Waals surface area (Å²) in [6.07, 6.45) is -4.49. The number of aryl methyl sites for hydroxylation is 1. The number of hydrogen-bond donors (Lipinski definition) is 0. The van der Waals surface area contributed by atoms with Gasteiger partial charge in [-0.2, -0.15) is 18.4 Å². The molecule has 0 saturated carbocycles. The lowest BCUT2D eigenvalue weighted by Gasteiger charge is -2.11. The number of alkyl halides is 3. The predicted octanol–water partition coefficient (Wildman–Crippen LogP) is 1.92. The van der Waals surface area contributed by atoms with Gasteiger partial charge in [0.2, 0.25) is 0 Å². The van der Waals surface area contributed by atoms with Crippen molar-refractivity contribution in [2.75, 3.05) is 5.75 Å². The van der Waals surface area contributed by atoms with Crippen molar-refractivity contribution in [2.45, 2.75) is 18.3 Å². The van der Waals surface area contributed by atoms with Gasteiger partial charge in [-0.1, -0.05) is 11.8 Å². The van der Waals surface area contributed by atoms with Crippen LogP contribution in [-0.4, -0.2) is 26.7 Å². The number of rotatable bonds is 3. The average molecular weight is 250 g/mol. The quantitative estimate of drug-likeness (QED) is 0.769. The van der Waals surface area contributed by atoms with E-state index >= 15 is 0 Å². The Kier molecular flexibility index (Phi) is 3.80. The molecule has 0 aliphatic rings. The van der Waals surface area contributed by atoms with E-state index in [0.717, 1.165) is 11.8 Å². The van der Waals surface area contributed by atoms with Gasteiger partial charge in [0.15, 0.2) is 11.1 Å². The van der Waals surface area contributed by atoms with E-state index in [4.69, 9.17) is 5.26 Å². The molecule has 1 rings (SSSR count). The van der Waals surface area contributed by atoms with Gasteiger partial charge in [0.25, 0.3) is 0 Å². The summed E-state index contributed by atoms with van der Waals surface area (Å²) in [7, 11) is 1.66. The van der Waals surface area contributed by atoms with E-state index in [1.807, 2.05) is 0 Å². The minimum Gasteiger partial charge on any atom is -0.309 e. The van der Waals surface area contributed by atoms with Gasteiger partial charge >= 0.3 is 6.18 Å². The van der Waals surface area contributed by atoms with Crippen LogP contribution >= 0.6 is 11.8 Å². The molecule has 4 nitrogen and oxygen atoms in total. The highest BCUT2D eigenvalue weighted by Crippen LogP contribution is 2.30. The van der Waals surface area contributed by atoms with Crippen molar-refractivity contribution in [2.24, 2.45) is 13.0 Å². The standard InChI is InChI=1S/C8H9F3N4S/c1-5-13-14-7(15(5)2)16-4-6(3-12)8(9,10)11/h6H,4H2,1-2H3. The number of hydrogen-bond acceptors (Lipinski definition) is 4. The van der Waals surface area contributed by atoms with Crippen LogP contribution in [0, 0.1) is 24.2 Å². The Balaban J connectivity index is 2.65. The van der Waals surface area contributed by atoms with Crippen LogP contribution in [0.3, 0.4) is 0 Å². The molecule has 0 N–H and O–H groups in total. The molecule has 1 aromatic heterocycles. The third-order valence-corrected chi connectivity index (χ3v) is 3.10. The second-order valence-electron chi connectivity index (χ2n) is 3.12. The van der Waals surface area contributed by atoms with Crippen molar-refractivity contribution in [3.63, 3.8) is 0 Å². The van der Waals surface area contributed by atoms with Gasteiger partial charge in [-0.15, -0.1) is 10.2 Å². The molecule has 0 radical (unpaired) electrons. The maximum absolute atomic E-state index is 12.3. The predicted molar refractivity (Wildman–Crippen MR) is 51.6 cm³/mol. The number of nitrogens with zero attached hydrogens (tertiary/aromatic N) is 4. The summed E-state index contributed by atoms with van der Waals surface area (Å²) in [5.41, 5.74) is 0. The van der Waals surface area contributed by atoms with E-state index in [1.54, 1.807) is 18.5 Å². The maximum Gasteiger partial charge on any atom is 0.405 e. The summed E-state index contributed by atoms with van der Waals surface area (Å²) >= 11 is 0.874. The van der Waals surface area contributed by atoms with Gasteiger partial charge in [0.1, 0.15) is 5.82 Å². The van der Waals surface area contributed by atoms with Crippen LogP contribution in [0.2, 0.25) is 0 Å². The first-order valence-electron chi connectivity index (χ1n) is 4.31. The van der Waals surface area contributed by atoms with Gasteiger partial charge in [-0.05, 0) is 6.92 Å². The largest absolute Gasteiger partial charge is 0.405 e. The van der Waals surface area contributed by atoms with Crippen LogP contribution in [0.4, 0.5) is 13.2 Å². The Morgan fingerprint density at radius 2 is 2.12 bits per heavy atom. The molecule has 16 heavy (non-hydrogen) atoms. The number of halogens is 3. The lowest BCUT2D eigenvalue weighted by Crippen LogP contribution is -2.23. The van der Waals surface area contributed by atoms with Gasteiger partial charge in [0, 0.05) is 12.8 Å². The summed E-state index contributed by atoms with van der Waals surface area (Å²) in [5, 5.41) is 16.2. The molecule has 1 heterocycles. The van der Waals surface area contributed by atoms with Crippen molar-refractivity contribution >= 4 is 11.8 Å². The third kappa shape index (κ3) is 2.88.